The van der Waals surface area contributed by atoms with E-state index in [9.17, 15) is 22.8 Å². The first-order valence-electron chi connectivity index (χ1n) is 3.41. The largest absolute Gasteiger partial charge is 0.480 e. The highest BCUT2D eigenvalue weighted by Crippen LogP contribution is 2.21. The molecule has 6 N–H and O–H groups in total. The van der Waals surface area contributed by atoms with Crippen LogP contribution < -0.4 is 5.73 Å². The highest BCUT2D eigenvalue weighted by molar-refractivity contribution is 7.89. The Balaban J connectivity index is 6.18. The SMILES string of the molecule is NC(C(=O)O)C(C(=O)O)(C(=O)O)S(=O)(=O)O. The molecule has 92 valence electrons. The molecule has 10 nitrogen and oxygen atoms in total. The molecule has 0 aliphatic carbocycles. The molecule has 0 spiro atoms. The molecule has 16 heavy (non-hydrogen) atoms. The third-order valence-electron chi connectivity index (χ3n) is 1.75. The Bertz CT molecular complexity index is 423. The van der Waals surface area contributed by atoms with Gasteiger partial charge in [0.25, 0.3) is 10.1 Å². The van der Waals surface area contributed by atoms with Crippen LogP contribution in [0.25, 0.3) is 0 Å². The maximum atomic E-state index is 10.7. The van der Waals surface area contributed by atoms with Crippen molar-refractivity contribution < 1.29 is 42.7 Å². The molecule has 0 aromatic rings. The normalized spacial score (nSPS) is 14.1. The number of hydrogen-bond acceptors (Lipinski definition) is 6. The van der Waals surface area contributed by atoms with Gasteiger partial charge in [0.05, 0.1) is 0 Å². The first kappa shape index (κ1) is 14.3. The standard InChI is InChI=1S/C5H7NO9S/c6-1(2(7)8)5(3(9)10,4(11)12)16(13,14)15/h1H,6H2,(H,7,8)(H,9,10)(H,11,12)(H,13,14,15). The number of rotatable bonds is 5. The Morgan fingerprint density at radius 2 is 1.38 bits per heavy atom. The maximum Gasteiger partial charge on any atom is 0.341 e. The predicted molar refractivity (Wildman–Crippen MR) is 45.2 cm³/mol. The van der Waals surface area contributed by atoms with Gasteiger partial charge in [0, 0.05) is 0 Å². The minimum atomic E-state index is -5.77. The second kappa shape index (κ2) is 4.03. The van der Waals surface area contributed by atoms with E-state index >= 15 is 0 Å². The monoisotopic (exact) mass is 257 g/mol. The van der Waals surface area contributed by atoms with Crippen molar-refractivity contribution in [1.29, 1.82) is 0 Å². The maximum absolute atomic E-state index is 10.7. The fourth-order valence-electron chi connectivity index (χ4n) is 0.913. The van der Waals surface area contributed by atoms with Crippen molar-refractivity contribution in [2.45, 2.75) is 10.8 Å². The van der Waals surface area contributed by atoms with Crippen molar-refractivity contribution in [2.75, 3.05) is 0 Å². The van der Waals surface area contributed by atoms with Crippen LogP contribution in [0.2, 0.25) is 0 Å². The molecule has 0 aliphatic rings. The van der Waals surface area contributed by atoms with Crippen LogP contribution in [0.5, 0.6) is 0 Å². The van der Waals surface area contributed by atoms with E-state index in [1.54, 1.807) is 0 Å². The van der Waals surface area contributed by atoms with E-state index < -0.39 is 38.8 Å². The summed E-state index contributed by atoms with van der Waals surface area (Å²) in [6, 6.07) is -2.86. The molecular formula is C5H7NO9S. The Morgan fingerprint density at radius 3 is 1.44 bits per heavy atom. The van der Waals surface area contributed by atoms with Gasteiger partial charge >= 0.3 is 22.7 Å². The molecule has 0 heterocycles. The molecular weight excluding hydrogens is 250 g/mol. The molecule has 11 heteroatoms. The highest BCUT2D eigenvalue weighted by atomic mass is 32.2. The summed E-state index contributed by atoms with van der Waals surface area (Å²) in [5.41, 5.74) is 4.68. The molecule has 1 atom stereocenters. The molecule has 0 saturated heterocycles. The van der Waals surface area contributed by atoms with Gasteiger partial charge in [0.15, 0.2) is 0 Å². The summed E-state index contributed by atoms with van der Waals surface area (Å²) in [4.78, 5) is 31.6. The van der Waals surface area contributed by atoms with Gasteiger partial charge in [-0.25, -0.2) is 9.59 Å². The third-order valence-corrected chi connectivity index (χ3v) is 3.16. The van der Waals surface area contributed by atoms with Crippen molar-refractivity contribution in [2.24, 2.45) is 5.73 Å². The van der Waals surface area contributed by atoms with Gasteiger partial charge in [0.2, 0.25) is 0 Å². The first-order valence-corrected chi connectivity index (χ1v) is 4.85. The molecule has 0 rings (SSSR count). The van der Waals surface area contributed by atoms with Gasteiger partial charge in [-0.3, -0.25) is 9.35 Å². The Hall–Kier alpha value is -1.72. The molecule has 0 radical (unpaired) electrons. The average Bonchev–Trinajstić information content (AvgIpc) is 1.99. The van der Waals surface area contributed by atoms with E-state index in [2.05, 4.69) is 5.73 Å². The molecule has 0 aromatic carbocycles. The zero-order chi connectivity index (χ0) is 13.3. The Morgan fingerprint density at radius 1 is 1.06 bits per heavy atom. The van der Waals surface area contributed by atoms with E-state index in [1.807, 2.05) is 0 Å². The second-order valence-corrected chi connectivity index (χ2v) is 4.23. The van der Waals surface area contributed by atoms with Crippen LogP contribution in [-0.2, 0) is 24.5 Å². The topological polar surface area (TPSA) is 192 Å². The van der Waals surface area contributed by atoms with Crippen LogP contribution >= 0.6 is 0 Å². The van der Waals surface area contributed by atoms with Gasteiger partial charge < -0.3 is 21.1 Å². The van der Waals surface area contributed by atoms with Gasteiger partial charge in [-0.05, 0) is 0 Å². The van der Waals surface area contributed by atoms with Gasteiger partial charge in [-0.1, -0.05) is 0 Å². The zero-order valence-corrected chi connectivity index (χ0v) is 8.21. The molecule has 0 fully saturated rings. The molecule has 0 aromatic heterocycles. The summed E-state index contributed by atoms with van der Waals surface area (Å²) in [6.45, 7) is 0. The van der Waals surface area contributed by atoms with E-state index in [1.165, 1.54) is 0 Å². The fourth-order valence-corrected chi connectivity index (χ4v) is 1.78. The smallest absolute Gasteiger partial charge is 0.341 e. The number of carboxylic acids is 3. The molecule has 0 aliphatic heterocycles. The van der Waals surface area contributed by atoms with E-state index in [4.69, 9.17) is 19.9 Å². The lowest BCUT2D eigenvalue weighted by molar-refractivity contribution is -0.158. The number of carbonyl (C=O) groups is 3. The lowest BCUT2D eigenvalue weighted by atomic mass is 10.00. The quantitative estimate of drug-likeness (QED) is 0.253. The lowest BCUT2D eigenvalue weighted by Gasteiger charge is -2.24. The van der Waals surface area contributed by atoms with E-state index in [0.717, 1.165) is 0 Å². The number of hydrogen-bond donors (Lipinski definition) is 5. The second-order valence-electron chi connectivity index (χ2n) is 2.64. The Kier molecular flexibility index (Phi) is 3.60. The summed E-state index contributed by atoms with van der Waals surface area (Å²) in [5.74, 6) is -7.41. The van der Waals surface area contributed by atoms with Crippen LogP contribution in [0.15, 0.2) is 0 Å². The van der Waals surface area contributed by atoms with Crippen molar-refractivity contribution in [3.8, 4) is 0 Å². The highest BCUT2D eigenvalue weighted by Gasteiger charge is 2.65. The molecule has 0 bridgehead atoms. The minimum absolute atomic E-state index is 2.21. The van der Waals surface area contributed by atoms with Crippen molar-refractivity contribution in [1.82, 2.24) is 0 Å². The zero-order valence-electron chi connectivity index (χ0n) is 7.39. The van der Waals surface area contributed by atoms with E-state index in [0.29, 0.717) is 0 Å². The Labute approximate surface area is 88.0 Å². The fraction of sp³-hybridized carbons (Fsp3) is 0.400. The summed E-state index contributed by atoms with van der Waals surface area (Å²) in [7, 11) is -5.77. The van der Waals surface area contributed by atoms with Crippen LogP contribution in [0.3, 0.4) is 0 Å². The van der Waals surface area contributed by atoms with E-state index in [-0.39, 0.29) is 0 Å². The lowest BCUT2D eigenvalue weighted by Crippen LogP contribution is -2.66. The molecule has 0 amide bonds. The number of nitrogens with two attached hydrogens (primary N) is 1. The average molecular weight is 257 g/mol. The van der Waals surface area contributed by atoms with Gasteiger partial charge in [-0.15, -0.1) is 0 Å². The van der Waals surface area contributed by atoms with Gasteiger partial charge in [0.1, 0.15) is 6.04 Å². The number of aliphatic carboxylic acids is 3. The summed E-state index contributed by atoms with van der Waals surface area (Å²) >= 11 is 0. The third kappa shape index (κ3) is 1.82. The summed E-state index contributed by atoms with van der Waals surface area (Å²) < 4.78 is 26.0. The van der Waals surface area contributed by atoms with Crippen LogP contribution in [0.1, 0.15) is 0 Å². The predicted octanol–water partition coefficient (Wildman–Crippen LogP) is -2.81. The van der Waals surface area contributed by atoms with Gasteiger partial charge in [-0.2, -0.15) is 8.42 Å². The summed E-state index contributed by atoms with van der Waals surface area (Å²) in [5, 5.41) is 25.3. The van der Waals surface area contributed by atoms with Crippen LogP contribution in [-0.4, -0.2) is 57.0 Å². The first-order chi connectivity index (χ1) is 6.99. The molecule has 1 unspecified atom stereocenters. The van der Waals surface area contributed by atoms with Crippen molar-refractivity contribution >= 4 is 28.0 Å². The van der Waals surface area contributed by atoms with Crippen molar-refractivity contribution in [3.63, 3.8) is 0 Å². The molecule has 0 saturated carbocycles. The number of carboxylic acid groups (broad SMARTS) is 3. The minimum Gasteiger partial charge on any atom is -0.480 e. The van der Waals surface area contributed by atoms with Crippen molar-refractivity contribution in [3.05, 3.63) is 0 Å². The van der Waals surface area contributed by atoms with Crippen LogP contribution in [0, 0.1) is 0 Å². The van der Waals surface area contributed by atoms with Crippen LogP contribution in [0.4, 0.5) is 0 Å². The summed E-state index contributed by atoms with van der Waals surface area (Å²) in [6.07, 6.45) is 0.